The lowest BCUT2D eigenvalue weighted by Crippen LogP contribution is -2.01. The largest absolute Gasteiger partial charge is 0.337 e. The molecule has 3 aromatic rings. The van der Waals surface area contributed by atoms with Crippen LogP contribution < -0.4 is 0 Å². The lowest BCUT2D eigenvalue weighted by Gasteiger charge is -2.09. The number of benzene rings is 1. The number of nitrogens with zero attached hydrogens (tertiary/aromatic N) is 2. The van der Waals surface area contributed by atoms with Crippen molar-refractivity contribution in [2.75, 3.05) is 0 Å². The predicted octanol–water partition coefficient (Wildman–Crippen LogP) is 2.83. The molecule has 0 atom stereocenters. The fraction of sp³-hybridized carbons (Fsp3) is 0.286. The van der Waals surface area contributed by atoms with E-state index in [9.17, 15) is 0 Å². The van der Waals surface area contributed by atoms with E-state index in [0.717, 1.165) is 35.4 Å². The average molecular weight is 238 g/mol. The monoisotopic (exact) mass is 238 g/mol. The normalized spacial score (nSPS) is 14.9. The van der Waals surface area contributed by atoms with Crippen LogP contribution in [0.15, 0.2) is 24.3 Å². The number of hydrogen-bond donors (Lipinski definition) is 2. The standard InChI is InChI=1S/C14H14N4/c1-2-6-10-9(5-1)13(18-17-10)14-15-11-7-3-4-8-12(11)16-14/h3-4,7-8H,1-2,5-6H2,(H,15,16)(H,17,18). The highest BCUT2D eigenvalue weighted by molar-refractivity contribution is 5.79. The van der Waals surface area contributed by atoms with Crippen molar-refractivity contribution in [3.63, 3.8) is 0 Å². The molecule has 0 radical (unpaired) electrons. The van der Waals surface area contributed by atoms with Crippen molar-refractivity contribution in [1.29, 1.82) is 0 Å². The second-order valence-electron chi connectivity index (χ2n) is 4.84. The van der Waals surface area contributed by atoms with E-state index in [4.69, 9.17) is 0 Å². The molecule has 1 aromatic carbocycles. The van der Waals surface area contributed by atoms with Gasteiger partial charge in [0.15, 0.2) is 5.82 Å². The third-order valence-electron chi connectivity index (χ3n) is 3.67. The molecule has 2 N–H and O–H groups in total. The van der Waals surface area contributed by atoms with Gasteiger partial charge in [0.1, 0.15) is 5.69 Å². The molecular formula is C14H14N4. The topological polar surface area (TPSA) is 57.4 Å². The van der Waals surface area contributed by atoms with Crippen molar-refractivity contribution >= 4 is 11.0 Å². The molecule has 0 unspecified atom stereocenters. The number of aromatic amines is 2. The number of imidazole rings is 1. The highest BCUT2D eigenvalue weighted by atomic mass is 15.1. The van der Waals surface area contributed by atoms with Gasteiger partial charge in [-0.3, -0.25) is 5.10 Å². The van der Waals surface area contributed by atoms with Gasteiger partial charge in [-0.1, -0.05) is 12.1 Å². The van der Waals surface area contributed by atoms with Crippen LogP contribution in [0.5, 0.6) is 0 Å². The maximum absolute atomic E-state index is 4.63. The average Bonchev–Trinajstić information content (AvgIpc) is 3.02. The Balaban J connectivity index is 1.89. The Kier molecular flexibility index (Phi) is 2.03. The van der Waals surface area contributed by atoms with Gasteiger partial charge in [-0.05, 0) is 37.8 Å². The van der Waals surface area contributed by atoms with Gasteiger partial charge >= 0.3 is 0 Å². The summed E-state index contributed by atoms with van der Waals surface area (Å²) in [6.45, 7) is 0. The van der Waals surface area contributed by atoms with E-state index in [-0.39, 0.29) is 0 Å². The van der Waals surface area contributed by atoms with Crippen LogP contribution in [-0.2, 0) is 12.8 Å². The Morgan fingerprint density at radius 3 is 2.89 bits per heavy atom. The maximum Gasteiger partial charge on any atom is 0.159 e. The summed E-state index contributed by atoms with van der Waals surface area (Å²) in [6.07, 6.45) is 4.73. The van der Waals surface area contributed by atoms with E-state index in [1.54, 1.807) is 0 Å². The van der Waals surface area contributed by atoms with Gasteiger partial charge in [-0.15, -0.1) is 0 Å². The number of fused-ring (bicyclic) bond motifs is 2. The first-order chi connectivity index (χ1) is 8.92. The second-order valence-corrected chi connectivity index (χ2v) is 4.84. The molecule has 0 bridgehead atoms. The van der Waals surface area contributed by atoms with Crippen molar-refractivity contribution in [3.05, 3.63) is 35.5 Å². The Morgan fingerprint density at radius 2 is 1.94 bits per heavy atom. The van der Waals surface area contributed by atoms with Crippen LogP contribution in [0.3, 0.4) is 0 Å². The Morgan fingerprint density at radius 1 is 1.06 bits per heavy atom. The third-order valence-corrected chi connectivity index (χ3v) is 3.67. The summed E-state index contributed by atoms with van der Waals surface area (Å²) < 4.78 is 0. The lowest BCUT2D eigenvalue weighted by molar-refractivity contribution is 0.675. The lowest BCUT2D eigenvalue weighted by atomic mass is 9.96. The van der Waals surface area contributed by atoms with Gasteiger partial charge < -0.3 is 4.98 Å². The number of rotatable bonds is 1. The molecule has 0 saturated carbocycles. The molecule has 4 rings (SSSR count). The summed E-state index contributed by atoms with van der Waals surface area (Å²) in [5.41, 5.74) is 5.71. The van der Waals surface area contributed by atoms with Gasteiger partial charge in [-0.25, -0.2) is 4.98 Å². The molecule has 0 saturated heterocycles. The van der Waals surface area contributed by atoms with Crippen molar-refractivity contribution in [3.8, 4) is 11.5 Å². The van der Waals surface area contributed by atoms with Crippen LogP contribution in [0.2, 0.25) is 0 Å². The summed E-state index contributed by atoms with van der Waals surface area (Å²) in [7, 11) is 0. The van der Waals surface area contributed by atoms with Crippen molar-refractivity contribution in [2.24, 2.45) is 0 Å². The molecule has 18 heavy (non-hydrogen) atoms. The molecule has 1 aliphatic rings. The highest BCUT2D eigenvalue weighted by Crippen LogP contribution is 2.28. The molecule has 0 spiro atoms. The molecule has 1 aliphatic carbocycles. The minimum atomic E-state index is 0.885. The molecule has 90 valence electrons. The first-order valence-electron chi connectivity index (χ1n) is 6.43. The van der Waals surface area contributed by atoms with Crippen LogP contribution in [0, 0.1) is 0 Å². The first-order valence-corrected chi connectivity index (χ1v) is 6.43. The second kappa shape index (κ2) is 3.70. The minimum absolute atomic E-state index is 0.885. The van der Waals surface area contributed by atoms with Crippen molar-refractivity contribution < 1.29 is 0 Å². The molecular weight excluding hydrogens is 224 g/mol. The van der Waals surface area contributed by atoms with Crippen LogP contribution in [0.4, 0.5) is 0 Å². The van der Waals surface area contributed by atoms with E-state index >= 15 is 0 Å². The Hall–Kier alpha value is -2.10. The van der Waals surface area contributed by atoms with Crippen LogP contribution in [-0.4, -0.2) is 20.2 Å². The number of nitrogens with one attached hydrogen (secondary N) is 2. The summed E-state index contributed by atoms with van der Waals surface area (Å²) in [5.74, 6) is 0.885. The summed E-state index contributed by atoms with van der Waals surface area (Å²) in [5, 5.41) is 7.60. The zero-order valence-electron chi connectivity index (χ0n) is 10.0. The summed E-state index contributed by atoms with van der Waals surface area (Å²) >= 11 is 0. The van der Waals surface area contributed by atoms with Gasteiger partial charge in [-0.2, -0.15) is 5.10 Å². The first kappa shape index (κ1) is 9.88. The van der Waals surface area contributed by atoms with Gasteiger partial charge in [0, 0.05) is 11.3 Å². The number of hydrogen-bond acceptors (Lipinski definition) is 2. The number of aryl methyl sites for hydroxylation is 1. The van der Waals surface area contributed by atoms with Crippen molar-refractivity contribution in [1.82, 2.24) is 20.2 Å². The summed E-state index contributed by atoms with van der Waals surface area (Å²) in [4.78, 5) is 7.98. The molecule has 4 heteroatoms. The Bertz CT molecular complexity index is 674. The SMILES string of the molecule is c1ccc2[nH]c(-c3n[nH]c4c3CCCC4)nc2c1. The number of aromatic nitrogens is 4. The highest BCUT2D eigenvalue weighted by Gasteiger charge is 2.19. The maximum atomic E-state index is 4.63. The smallest absolute Gasteiger partial charge is 0.159 e. The van der Waals surface area contributed by atoms with E-state index in [2.05, 4.69) is 20.2 Å². The molecule has 0 aliphatic heterocycles. The fourth-order valence-electron chi connectivity index (χ4n) is 2.74. The minimum Gasteiger partial charge on any atom is -0.337 e. The third kappa shape index (κ3) is 1.38. The fourth-order valence-corrected chi connectivity index (χ4v) is 2.74. The number of para-hydroxylation sites is 2. The zero-order valence-corrected chi connectivity index (χ0v) is 10.0. The van der Waals surface area contributed by atoms with Gasteiger partial charge in [0.25, 0.3) is 0 Å². The van der Waals surface area contributed by atoms with E-state index in [0.29, 0.717) is 0 Å². The summed E-state index contributed by atoms with van der Waals surface area (Å²) in [6, 6.07) is 8.09. The van der Waals surface area contributed by atoms with Crippen LogP contribution >= 0.6 is 0 Å². The quantitative estimate of drug-likeness (QED) is 0.685. The molecule has 0 fully saturated rings. The van der Waals surface area contributed by atoms with Crippen molar-refractivity contribution in [2.45, 2.75) is 25.7 Å². The molecule has 2 heterocycles. The predicted molar refractivity (Wildman–Crippen MR) is 70.3 cm³/mol. The van der Waals surface area contributed by atoms with Gasteiger partial charge in [0.2, 0.25) is 0 Å². The van der Waals surface area contributed by atoms with E-state index in [1.807, 2.05) is 24.3 Å². The number of H-pyrrole nitrogens is 2. The molecule has 0 amide bonds. The Labute approximate surface area is 104 Å². The zero-order chi connectivity index (χ0) is 11.9. The molecule has 2 aromatic heterocycles. The van der Waals surface area contributed by atoms with Gasteiger partial charge in [0.05, 0.1) is 11.0 Å². The van der Waals surface area contributed by atoms with E-state index in [1.165, 1.54) is 24.1 Å². The van der Waals surface area contributed by atoms with E-state index < -0.39 is 0 Å². The molecule has 4 nitrogen and oxygen atoms in total. The van der Waals surface area contributed by atoms with Crippen LogP contribution in [0.25, 0.3) is 22.6 Å². The van der Waals surface area contributed by atoms with Crippen LogP contribution in [0.1, 0.15) is 24.1 Å².